The molecule has 4 heterocycles. The van der Waals surface area contributed by atoms with E-state index in [0.717, 1.165) is 36.6 Å². The highest BCUT2D eigenvalue weighted by molar-refractivity contribution is 7.13. The quantitative estimate of drug-likeness (QED) is 0.538. The lowest BCUT2D eigenvalue weighted by molar-refractivity contribution is 0.0372. The van der Waals surface area contributed by atoms with E-state index in [9.17, 15) is 4.79 Å². The van der Waals surface area contributed by atoms with Gasteiger partial charge in [-0.2, -0.15) is 0 Å². The summed E-state index contributed by atoms with van der Waals surface area (Å²) in [6, 6.07) is 6.02. The molecule has 6 nitrogen and oxygen atoms in total. The number of carbonyl (C=O) groups is 1. The van der Waals surface area contributed by atoms with Gasteiger partial charge in [-0.15, -0.1) is 11.3 Å². The molecule has 2 atom stereocenters. The molecular weight excluding hydrogens is 406 g/mol. The number of nitrogens with one attached hydrogen (secondary N) is 3. The average molecular weight is 438 g/mol. The van der Waals surface area contributed by atoms with Crippen molar-refractivity contribution in [1.29, 1.82) is 0 Å². The molecule has 1 aliphatic heterocycles. The van der Waals surface area contributed by atoms with Gasteiger partial charge in [0.1, 0.15) is 0 Å². The number of imidazole rings is 1. The fourth-order valence-electron chi connectivity index (χ4n) is 5.96. The minimum absolute atomic E-state index is 0.0251. The number of hydrogen-bond donors (Lipinski definition) is 3. The number of fused-ring (bicyclic) bond motifs is 1. The van der Waals surface area contributed by atoms with E-state index in [-0.39, 0.29) is 11.9 Å². The van der Waals surface area contributed by atoms with E-state index >= 15 is 0 Å². The largest absolute Gasteiger partial charge is 0.349 e. The third-order valence-electron chi connectivity index (χ3n) is 7.67. The number of hydrogen-bond acceptors (Lipinski definition) is 5. The topological polar surface area (TPSA) is 82.7 Å². The second kappa shape index (κ2) is 8.02. The molecule has 3 N–H and O–H groups in total. The van der Waals surface area contributed by atoms with E-state index < -0.39 is 0 Å². The number of nitrogens with zero attached hydrogens (tertiary/aromatic N) is 2. The van der Waals surface area contributed by atoms with Crippen molar-refractivity contribution >= 4 is 28.4 Å². The van der Waals surface area contributed by atoms with Crippen LogP contribution in [0.5, 0.6) is 0 Å². The van der Waals surface area contributed by atoms with Gasteiger partial charge >= 0.3 is 0 Å². The normalized spacial score (nSPS) is 25.3. The van der Waals surface area contributed by atoms with Gasteiger partial charge in [-0.3, -0.25) is 4.79 Å². The van der Waals surface area contributed by atoms with Gasteiger partial charge in [0.25, 0.3) is 5.91 Å². The molecule has 1 spiro atoms. The first-order valence-corrected chi connectivity index (χ1v) is 12.3. The molecule has 1 saturated carbocycles. The predicted molar refractivity (Wildman–Crippen MR) is 125 cm³/mol. The summed E-state index contributed by atoms with van der Waals surface area (Å²) in [5.41, 5.74) is 2.57. The third-order valence-corrected chi connectivity index (χ3v) is 8.54. The number of pyridine rings is 1. The number of aromatic amines is 1. The molecular formula is C24H31N5OS. The Morgan fingerprint density at radius 3 is 2.87 bits per heavy atom. The molecule has 2 unspecified atom stereocenters. The van der Waals surface area contributed by atoms with Crippen LogP contribution < -0.4 is 10.6 Å². The molecule has 1 amide bonds. The van der Waals surface area contributed by atoms with Crippen molar-refractivity contribution in [2.75, 3.05) is 13.1 Å². The first-order chi connectivity index (χ1) is 15.1. The molecule has 2 fully saturated rings. The van der Waals surface area contributed by atoms with Gasteiger partial charge < -0.3 is 15.6 Å². The van der Waals surface area contributed by atoms with Crippen LogP contribution in [0, 0.1) is 10.8 Å². The third kappa shape index (κ3) is 3.78. The van der Waals surface area contributed by atoms with E-state index in [4.69, 9.17) is 0 Å². The Balaban J connectivity index is 1.42. The summed E-state index contributed by atoms with van der Waals surface area (Å²) in [4.78, 5) is 26.8. The van der Waals surface area contributed by atoms with Gasteiger partial charge in [0.05, 0.1) is 16.0 Å². The summed E-state index contributed by atoms with van der Waals surface area (Å²) >= 11 is 1.62. The fraction of sp³-hybridized carbons (Fsp3) is 0.542. The number of carbonyl (C=O) groups excluding carboxylic acids is 1. The van der Waals surface area contributed by atoms with Gasteiger partial charge in [0.2, 0.25) is 0 Å². The van der Waals surface area contributed by atoms with Crippen LogP contribution in [0.15, 0.2) is 29.8 Å². The van der Waals surface area contributed by atoms with Crippen LogP contribution in [0.2, 0.25) is 0 Å². The molecule has 1 aliphatic carbocycles. The number of aromatic nitrogens is 3. The molecule has 31 heavy (non-hydrogen) atoms. The Labute approximate surface area is 187 Å². The summed E-state index contributed by atoms with van der Waals surface area (Å²) in [6.07, 6.45) is 8.63. The van der Waals surface area contributed by atoms with Gasteiger partial charge in [-0.25, -0.2) is 9.97 Å². The molecule has 3 aromatic rings. The van der Waals surface area contributed by atoms with Gasteiger partial charge in [0.15, 0.2) is 11.5 Å². The van der Waals surface area contributed by atoms with Crippen LogP contribution in [-0.2, 0) is 0 Å². The Morgan fingerprint density at radius 1 is 1.29 bits per heavy atom. The van der Waals surface area contributed by atoms with Crippen molar-refractivity contribution in [3.63, 3.8) is 0 Å². The maximum absolute atomic E-state index is 13.4. The zero-order valence-electron chi connectivity index (χ0n) is 18.3. The summed E-state index contributed by atoms with van der Waals surface area (Å²) in [5, 5.41) is 9.01. The number of thiophene rings is 1. The fourth-order valence-corrected chi connectivity index (χ4v) is 6.63. The van der Waals surface area contributed by atoms with Crippen LogP contribution in [0.1, 0.15) is 62.7 Å². The van der Waals surface area contributed by atoms with Gasteiger partial charge in [-0.05, 0) is 60.6 Å². The van der Waals surface area contributed by atoms with Crippen molar-refractivity contribution in [3.8, 4) is 10.7 Å². The lowest BCUT2D eigenvalue weighted by Crippen LogP contribution is -2.50. The Morgan fingerprint density at radius 2 is 2.16 bits per heavy atom. The summed E-state index contributed by atoms with van der Waals surface area (Å²) in [5.74, 6) is 0.741. The SMILES string of the molecule is CCC1(CC)CC(NC(=O)c2ccnc3nc(-c4cccs4)[nH]c23)CC2(CCNC2)C1. The first-order valence-electron chi connectivity index (χ1n) is 11.5. The van der Waals surface area contributed by atoms with Crippen molar-refractivity contribution < 1.29 is 4.79 Å². The van der Waals surface area contributed by atoms with Crippen LogP contribution >= 0.6 is 11.3 Å². The molecule has 164 valence electrons. The van der Waals surface area contributed by atoms with Crippen LogP contribution in [0.25, 0.3) is 21.9 Å². The minimum atomic E-state index is -0.0251. The molecule has 0 bridgehead atoms. The molecule has 0 aromatic carbocycles. The van der Waals surface area contributed by atoms with Gasteiger partial charge in [0, 0.05) is 18.8 Å². The monoisotopic (exact) mass is 437 g/mol. The molecule has 5 rings (SSSR count). The second-order valence-electron chi connectivity index (χ2n) is 9.51. The minimum Gasteiger partial charge on any atom is -0.349 e. The number of H-pyrrole nitrogens is 1. The van der Waals surface area contributed by atoms with Gasteiger partial charge in [-0.1, -0.05) is 32.8 Å². The van der Waals surface area contributed by atoms with Crippen molar-refractivity contribution in [1.82, 2.24) is 25.6 Å². The van der Waals surface area contributed by atoms with Crippen LogP contribution in [0.3, 0.4) is 0 Å². The van der Waals surface area contributed by atoms with Crippen LogP contribution in [0.4, 0.5) is 0 Å². The Bertz CT molecular complexity index is 1060. The standard InChI is InChI=1S/C24H31N5OS/c1-3-23(4-2)12-16(13-24(14-23)8-10-25-15-24)27-22(30)17-7-9-26-21-19(17)28-20(29-21)18-6-5-11-31-18/h5-7,9,11,16,25H,3-4,8,10,12-15H2,1-2H3,(H,27,30)(H,26,28,29). The number of amides is 1. The molecule has 7 heteroatoms. The molecule has 1 saturated heterocycles. The van der Waals surface area contributed by atoms with E-state index in [2.05, 4.69) is 39.4 Å². The van der Waals surface area contributed by atoms with E-state index in [1.165, 1.54) is 25.7 Å². The first kappa shape index (κ1) is 20.6. The van der Waals surface area contributed by atoms with Crippen molar-refractivity contribution in [2.24, 2.45) is 10.8 Å². The van der Waals surface area contributed by atoms with E-state index in [0.29, 0.717) is 27.6 Å². The highest BCUT2D eigenvalue weighted by Gasteiger charge is 2.48. The zero-order valence-corrected chi connectivity index (χ0v) is 19.1. The highest BCUT2D eigenvalue weighted by Crippen LogP contribution is 2.52. The maximum Gasteiger partial charge on any atom is 0.253 e. The molecule has 0 radical (unpaired) electrons. The Hall–Kier alpha value is -2.25. The molecule has 2 aliphatic rings. The summed E-state index contributed by atoms with van der Waals surface area (Å²) < 4.78 is 0. The number of rotatable bonds is 5. The maximum atomic E-state index is 13.4. The Kier molecular flexibility index (Phi) is 5.34. The summed E-state index contributed by atoms with van der Waals surface area (Å²) in [6.45, 7) is 6.79. The van der Waals surface area contributed by atoms with Crippen LogP contribution in [-0.4, -0.2) is 40.0 Å². The lowest BCUT2D eigenvalue weighted by atomic mass is 9.58. The van der Waals surface area contributed by atoms with Crippen molar-refractivity contribution in [2.45, 2.75) is 58.4 Å². The summed E-state index contributed by atoms with van der Waals surface area (Å²) in [7, 11) is 0. The predicted octanol–water partition coefficient (Wildman–Crippen LogP) is 4.75. The second-order valence-corrected chi connectivity index (χ2v) is 10.5. The molecule has 3 aromatic heterocycles. The smallest absolute Gasteiger partial charge is 0.253 e. The zero-order chi connectivity index (χ0) is 21.5. The van der Waals surface area contributed by atoms with E-state index in [1.807, 2.05) is 17.5 Å². The van der Waals surface area contributed by atoms with E-state index in [1.54, 1.807) is 23.6 Å². The average Bonchev–Trinajstić information content (AvgIpc) is 3.53. The van der Waals surface area contributed by atoms with Crippen molar-refractivity contribution in [3.05, 3.63) is 35.3 Å². The lowest BCUT2D eigenvalue weighted by Gasteiger charge is -2.49. The highest BCUT2D eigenvalue weighted by atomic mass is 32.1.